The van der Waals surface area contributed by atoms with Gasteiger partial charge in [0, 0.05) is 18.4 Å². The lowest BCUT2D eigenvalue weighted by atomic mass is 10.00. The Bertz CT molecular complexity index is 1590. The highest BCUT2D eigenvalue weighted by atomic mass is 16.7. The van der Waals surface area contributed by atoms with Gasteiger partial charge in [-0.05, 0) is 66.8 Å². The van der Waals surface area contributed by atoms with Crippen molar-refractivity contribution >= 4 is 35.5 Å². The fourth-order valence-corrected chi connectivity index (χ4v) is 4.70. The quantitative estimate of drug-likeness (QED) is 0.0679. The number of aliphatic carboxylic acids is 1. The van der Waals surface area contributed by atoms with Crippen LogP contribution in [0.25, 0.3) is 0 Å². The molecule has 14 nitrogen and oxygen atoms in total. The normalized spacial score (nSPS) is 13.3. The minimum Gasteiger partial charge on any atom is -0.484 e. The van der Waals surface area contributed by atoms with Crippen LogP contribution in [-0.2, 0) is 14.4 Å². The third kappa shape index (κ3) is 12.3. The number of hydrogen-bond donors (Lipinski definition) is 5. The van der Waals surface area contributed by atoms with E-state index in [1.165, 1.54) is 0 Å². The van der Waals surface area contributed by atoms with E-state index < -0.39 is 35.9 Å². The molecule has 0 spiro atoms. The van der Waals surface area contributed by atoms with Gasteiger partial charge in [0.25, 0.3) is 5.91 Å². The number of guanidine groups is 1. The summed E-state index contributed by atoms with van der Waals surface area (Å²) >= 11 is 0. The van der Waals surface area contributed by atoms with Gasteiger partial charge in [0.2, 0.25) is 18.7 Å². The molecule has 2 aromatic rings. The zero-order valence-corrected chi connectivity index (χ0v) is 28.9. The summed E-state index contributed by atoms with van der Waals surface area (Å²) in [4.78, 5) is 56.7. The number of nitrogens with one attached hydrogen (secondary N) is 4. The highest BCUT2D eigenvalue weighted by molar-refractivity contribution is 6.03. The number of anilines is 1. The molecule has 0 aromatic heterocycles. The van der Waals surface area contributed by atoms with Gasteiger partial charge in [-0.3, -0.25) is 19.7 Å². The van der Waals surface area contributed by atoms with Crippen LogP contribution in [0, 0.1) is 5.92 Å². The van der Waals surface area contributed by atoms with E-state index in [4.69, 9.17) is 14.2 Å². The second kappa shape index (κ2) is 19.3. The molecular weight excluding hydrogens is 644 g/mol. The molecule has 1 aliphatic heterocycles. The van der Waals surface area contributed by atoms with Crippen molar-refractivity contribution in [2.45, 2.75) is 52.1 Å². The molecule has 0 aliphatic carbocycles. The Hall–Kier alpha value is -5.79. The number of benzene rings is 2. The van der Waals surface area contributed by atoms with Crippen LogP contribution in [0.4, 0.5) is 10.5 Å². The molecule has 2 unspecified atom stereocenters. The number of nitrogens with zero attached hydrogens (tertiary/aromatic N) is 2. The Labute approximate surface area is 292 Å². The van der Waals surface area contributed by atoms with Crippen LogP contribution >= 0.6 is 0 Å². The molecule has 3 rings (SSSR count). The molecular formula is C36H46N6O8. The molecule has 2 atom stereocenters. The van der Waals surface area contributed by atoms with E-state index in [0.29, 0.717) is 47.2 Å². The number of ether oxygens (including phenoxy) is 3. The van der Waals surface area contributed by atoms with Crippen LogP contribution in [0.15, 0.2) is 84.5 Å². The molecule has 0 bridgehead atoms. The Kier molecular flexibility index (Phi) is 14.9. The average molecular weight is 691 g/mol. The first-order valence-electron chi connectivity index (χ1n) is 16.2. The van der Waals surface area contributed by atoms with Gasteiger partial charge in [-0.2, -0.15) is 0 Å². The van der Waals surface area contributed by atoms with Crippen molar-refractivity contribution < 1.29 is 38.5 Å². The summed E-state index contributed by atoms with van der Waals surface area (Å²) < 4.78 is 16.4. The lowest BCUT2D eigenvalue weighted by Crippen LogP contribution is -2.49. The average Bonchev–Trinajstić information content (AvgIpc) is 3.56. The molecule has 14 heteroatoms. The number of allylic oxidation sites excluding steroid dienone is 2. The zero-order valence-electron chi connectivity index (χ0n) is 28.9. The van der Waals surface area contributed by atoms with Crippen LogP contribution in [0.2, 0.25) is 0 Å². The number of rotatable bonds is 17. The minimum atomic E-state index is -1.11. The summed E-state index contributed by atoms with van der Waals surface area (Å²) in [6.07, 6.45) is 6.21. The summed E-state index contributed by atoms with van der Waals surface area (Å²) in [5.41, 5.74) is 1.54. The standard InChI is InChI=1S/C36H46N6O8/c1-7-9-10-17-37-35(42(6)24(5)8-2)41-36(47)38-26-12-14-27(15-13-26)48-21-32(43)39-29(18-23(3)4)34(46)40-28(20-33(44)45)25-11-16-30-31(19-25)50-22-49-30/h8-16,19,23,28-29H,2,5,7,17-18,20-22H2,1,3-4,6H3,(H,39,43)(H,40,46)(H,44,45)(H2,37,38,41,47). The number of amides is 4. The van der Waals surface area contributed by atoms with Gasteiger partial charge in [0.05, 0.1) is 19.0 Å². The van der Waals surface area contributed by atoms with Gasteiger partial charge in [-0.25, -0.2) is 9.79 Å². The number of hydrogen-bond acceptors (Lipinski definition) is 8. The van der Waals surface area contributed by atoms with Crippen molar-refractivity contribution in [3.05, 3.63) is 85.1 Å². The molecule has 0 fully saturated rings. The van der Waals surface area contributed by atoms with Gasteiger partial charge < -0.3 is 40.2 Å². The van der Waals surface area contributed by atoms with Crippen LogP contribution in [0.1, 0.15) is 51.6 Å². The maximum atomic E-state index is 13.4. The van der Waals surface area contributed by atoms with Gasteiger partial charge in [0.1, 0.15) is 11.8 Å². The van der Waals surface area contributed by atoms with Crippen molar-refractivity contribution in [2.24, 2.45) is 10.9 Å². The number of carbonyl (C=O) groups excluding carboxylic acids is 3. The Morgan fingerprint density at radius 3 is 2.44 bits per heavy atom. The first-order valence-corrected chi connectivity index (χ1v) is 16.2. The van der Waals surface area contributed by atoms with Crippen LogP contribution in [-0.4, -0.2) is 72.8 Å². The summed E-state index contributed by atoms with van der Waals surface area (Å²) in [6.45, 7) is 13.5. The molecule has 50 heavy (non-hydrogen) atoms. The second-order valence-electron chi connectivity index (χ2n) is 11.7. The SMILES string of the molecule is C=CC(=C)N(C)C(=NCC=CCC)NC(=O)Nc1ccc(OCC(=O)NC(CC(C)C)C(=O)NC(CC(=O)O)c2ccc3c(c2)OCO3)cc1. The fraction of sp³-hybridized carbons (Fsp3) is 0.361. The van der Waals surface area contributed by atoms with Crippen LogP contribution in [0.3, 0.4) is 0 Å². The lowest BCUT2D eigenvalue weighted by molar-refractivity contribution is -0.138. The number of carbonyl (C=O) groups is 4. The van der Waals surface area contributed by atoms with E-state index >= 15 is 0 Å². The fourth-order valence-electron chi connectivity index (χ4n) is 4.70. The predicted molar refractivity (Wildman–Crippen MR) is 190 cm³/mol. The van der Waals surface area contributed by atoms with Crippen LogP contribution in [0.5, 0.6) is 17.2 Å². The van der Waals surface area contributed by atoms with Gasteiger partial charge in [-0.1, -0.05) is 52.1 Å². The first kappa shape index (κ1) is 38.7. The largest absolute Gasteiger partial charge is 0.484 e. The summed E-state index contributed by atoms with van der Waals surface area (Å²) in [6, 6.07) is 8.98. The molecule has 1 heterocycles. The van der Waals surface area contributed by atoms with Gasteiger partial charge in [-0.15, -0.1) is 0 Å². The second-order valence-corrected chi connectivity index (χ2v) is 11.7. The molecule has 1 aliphatic rings. The summed E-state index contributed by atoms with van der Waals surface area (Å²) in [7, 11) is 1.71. The Balaban J connectivity index is 1.58. The van der Waals surface area contributed by atoms with Crippen LogP contribution < -0.4 is 35.5 Å². The number of aliphatic imine (C=N–C) groups is 1. The van der Waals surface area contributed by atoms with Crippen molar-refractivity contribution in [3.8, 4) is 17.2 Å². The summed E-state index contributed by atoms with van der Waals surface area (Å²) in [5.74, 6) is -0.525. The smallest absolute Gasteiger partial charge is 0.326 e. The number of carboxylic acid groups (broad SMARTS) is 1. The summed E-state index contributed by atoms with van der Waals surface area (Å²) in [5, 5.41) is 20.4. The van der Waals surface area contributed by atoms with Crippen molar-refractivity contribution in [3.63, 3.8) is 0 Å². The monoisotopic (exact) mass is 690 g/mol. The Morgan fingerprint density at radius 1 is 1.06 bits per heavy atom. The molecule has 0 saturated heterocycles. The molecule has 0 saturated carbocycles. The number of urea groups is 1. The molecule has 268 valence electrons. The van der Waals surface area contributed by atoms with Crippen molar-refractivity contribution in [1.29, 1.82) is 0 Å². The molecule has 5 N–H and O–H groups in total. The van der Waals surface area contributed by atoms with Crippen molar-refractivity contribution in [1.82, 2.24) is 20.9 Å². The van der Waals surface area contributed by atoms with E-state index in [2.05, 4.69) is 39.4 Å². The van der Waals surface area contributed by atoms with E-state index in [-0.39, 0.29) is 31.7 Å². The van der Waals surface area contributed by atoms with E-state index in [0.717, 1.165) is 6.42 Å². The van der Waals surface area contributed by atoms with Gasteiger partial charge >= 0.3 is 12.0 Å². The van der Waals surface area contributed by atoms with Gasteiger partial charge in [0.15, 0.2) is 18.1 Å². The highest BCUT2D eigenvalue weighted by Crippen LogP contribution is 2.35. The third-order valence-electron chi connectivity index (χ3n) is 7.29. The maximum Gasteiger partial charge on any atom is 0.326 e. The van der Waals surface area contributed by atoms with E-state index in [9.17, 15) is 24.3 Å². The number of fused-ring (bicyclic) bond motifs is 1. The topological polar surface area (TPSA) is 180 Å². The molecule has 4 amide bonds. The van der Waals surface area contributed by atoms with Crippen molar-refractivity contribution in [2.75, 3.05) is 32.3 Å². The Morgan fingerprint density at radius 2 is 1.78 bits per heavy atom. The van der Waals surface area contributed by atoms with E-state index in [1.807, 2.05) is 32.9 Å². The third-order valence-corrected chi connectivity index (χ3v) is 7.29. The zero-order chi connectivity index (χ0) is 36.6. The minimum absolute atomic E-state index is 0.0362. The molecule has 0 radical (unpaired) electrons. The number of carboxylic acids is 1. The lowest BCUT2D eigenvalue weighted by Gasteiger charge is -2.24. The maximum absolute atomic E-state index is 13.4. The first-order chi connectivity index (χ1) is 23.9. The predicted octanol–water partition coefficient (Wildman–Crippen LogP) is 4.73. The highest BCUT2D eigenvalue weighted by Gasteiger charge is 2.27. The van der Waals surface area contributed by atoms with E-state index in [1.54, 1.807) is 60.5 Å². The number of likely N-dealkylation sites (N-methyl/N-ethyl adjacent to an activating group) is 1. The molecule has 2 aromatic carbocycles.